The first-order chi connectivity index (χ1) is 7.70. The van der Waals surface area contributed by atoms with Crippen molar-refractivity contribution in [1.29, 1.82) is 0 Å². The lowest BCUT2D eigenvalue weighted by Gasteiger charge is -2.01. The van der Waals surface area contributed by atoms with Crippen LogP contribution in [0.4, 0.5) is 6.01 Å². The molecule has 2 aromatic rings. The number of nitrogens with one attached hydrogen (secondary N) is 1. The largest absolute Gasteiger partial charge is 0.428 e. The normalized spacial score (nSPS) is 10.4. The maximum atomic E-state index is 5.58. The van der Waals surface area contributed by atoms with Crippen LogP contribution in [0.1, 0.15) is 17.0 Å². The first kappa shape index (κ1) is 11.2. The Labute approximate surface area is 103 Å². The van der Waals surface area contributed by atoms with E-state index < -0.39 is 0 Å². The summed E-state index contributed by atoms with van der Waals surface area (Å²) in [5, 5.41) is 2.90. The molecule has 0 aliphatic rings. The predicted molar refractivity (Wildman–Crippen MR) is 67.7 cm³/mol. The fraction of sp³-hybridized carbons (Fsp3) is 0.250. The Hall–Kier alpha value is -1.29. The Balaban J connectivity index is 2.27. The van der Waals surface area contributed by atoms with Crippen LogP contribution in [0.5, 0.6) is 0 Å². The highest BCUT2D eigenvalue weighted by Crippen LogP contribution is 2.22. The number of benzene rings is 1. The summed E-state index contributed by atoms with van der Waals surface area (Å²) in [6.45, 7) is 1.95. The van der Waals surface area contributed by atoms with Crippen molar-refractivity contribution in [2.75, 3.05) is 12.4 Å². The van der Waals surface area contributed by atoms with Gasteiger partial charge in [0.05, 0.1) is 5.69 Å². The molecule has 0 atom stereocenters. The van der Waals surface area contributed by atoms with Crippen molar-refractivity contribution in [2.45, 2.75) is 13.3 Å². The summed E-state index contributed by atoms with van der Waals surface area (Å²) >= 11 is 3.52. The highest BCUT2D eigenvalue weighted by molar-refractivity contribution is 9.10. The van der Waals surface area contributed by atoms with Crippen molar-refractivity contribution in [3.05, 3.63) is 45.8 Å². The van der Waals surface area contributed by atoms with Gasteiger partial charge in [-0.05, 0) is 18.6 Å². The second-order valence-electron chi connectivity index (χ2n) is 3.55. The number of aryl methyl sites for hydroxylation is 1. The van der Waals surface area contributed by atoms with Crippen LogP contribution < -0.4 is 5.32 Å². The van der Waals surface area contributed by atoms with E-state index >= 15 is 0 Å². The molecule has 1 heterocycles. The highest BCUT2D eigenvalue weighted by Gasteiger charge is 2.10. The third-order valence-corrected chi connectivity index (χ3v) is 3.19. The van der Waals surface area contributed by atoms with Gasteiger partial charge in [-0.1, -0.05) is 34.1 Å². The van der Waals surface area contributed by atoms with E-state index in [9.17, 15) is 0 Å². The molecule has 0 fully saturated rings. The molecule has 1 N–H and O–H groups in total. The number of hydrogen-bond acceptors (Lipinski definition) is 3. The molecule has 0 bridgehead atoms. The van der Waals surface area contributed by atoms with E-state index in [0.717, 1.165) is 22.3 Å². The summed E-state index contributed by atoms with van der Waals surface area (Å²) in [7, 11) is 1.80. The number of rotatable bonds is 3. The average molecular weight is 281 g/mol. The number of halogens is 1. The highest BCUT2D eigenvalue weighted by atomic mass is 79.9. The lowest BCUT2D eigenvalue weighted by molar-refractivity contribution is 0.528. The number of oxazole rings is 1. The average Bonchev–Trinajstić information content (AvgIpc) is 2.63. The molecule has 0 radical (unpaired) electrons. The van der Waals surface area contributed by atoms with Gasteiger partial charge in [0.25, 0.3) is 6.01 Å². The van der Waals surface area contributed by atoms with Crippen molar-refractivity contribution in [3.63, 3.8) is 0 Å². The molecule has 0 aliphatic carbocycles. The van der Waals surface area contributed by atoms with E-state index in [0.29, 0.717) is 6.01 Å². The van der Waals surface area contributed by atoms with Gasteiger partial charge in [-0.3, -0.25) is 0 Å². The molecule has 2 rings (SSSR count). The minimum absolute atomic E-state index is 0.569. The van der Waals surface area contributed by atoms with E-state index in [-0.39, 0.29) is 0 Å². The molecule has 1 aromatic carbocycles. The maximum Gasteiger partial charge on any atom is 0.294 e. The molecular weight excluding hydrogens is 268 g/mol. The van der Waals surface area contributed by atoms with Gasteiger partial charge in [0.15, 0.2) is 0 Å². The molecule has 0 spiro atoms. The van der Waals surface area contributed by atoms with Gasteiger partial charge >= 0.3 is 0 Å². The molecule has 16 heavy (non-hydrogen) atoms. The van der Waals surface area contributed by atoms with Gasteiger partial charge in [-0.15, -0.1) is 0 Å². The SMILES string of the molecule is CNc1nc(C)c(Cc2ccccc2Br)o1. The van der Waals surface area contributed by atoms with Crippen LogP contribution >= 0.6 is 15.9 Å². The monoisotopic (exact) mass is 280 g/mol. The Kier molecular flexibility index (Phi) is 3.29. The second kappa shape index (κ2) is 4.70. The number of aromatic nitrogens is 1. The van der Waals surface area contributed by atoms with Crippen LogP contribution in [0.25, 0.3) is 0 Å². The topological polar surface area (TPSA) is 38.1 Å². The Morgan fingerprint density at radius 2 is 2.12 bits per heavy atom. The zero-order valence-corrected chi connectivity index (χ0v) is 10.8. The van der Waals surface area contributed by atoms with Crippen LogP contribution in [0.3, 0.4) is 0 Å². The fourth-order valence-corrected chi connectivity index (χ4v) is 1.94. The zero-order valence-electron chi connectivity index (χ0n) is 9.25. The van der Waals surface area contributed by atoms with Crippen LogP contribution in [0.15, 0.2) is 33.2 Å². The summed E-state index contributed by atoms with van der Waals surface area (Å²) in [6.07, 6.45) is 0.752. The van der Waals surface area contributed by atoms with Crippen molar-refractivity contribution in [1.82, 2.24) is 4.98 Å². The number of nitrogens with zero attached hydrogens (tertiary/aromatic N) is 1. The van der Waals surface area contributed by atoms with Crippen LogP contribution in [0, 0.1) is 6.92 Å². The summed E-state index contributed by atoms with van der Waals surface area (Å²) in [6, 6.07) is 8.69. The van der Waals surface area contributed by atoms with E-state index in [1.807, 2.05) is 25.1 Å². The standard InChI is InChI=1S/C12H13BrN2O/c1-8-11(16-12(14-2)15-8)7-9-5-3-4-6-10(9)13/h3-6H,7H2,1-2H3,(H,14,15). The van der Waals surface area contributed by atoms with Crippen molar-refractivity contribution in [2.24, 2.45) is 0 Å². The van der Waals surface area contributed by atoms with E-state index in [1.54, 1.807) is 7.05 Å². The van der Waals surface area contributed by atoms with Crippen molar-refractivity contribution >= 4 is 21.9 Å². The van der Waals surface area contributed by atoms with Crippen molar-refractivity contribution < 1.29 is 4.42 Å². The predicted octanol–water partition coefficient (Wildman–Crippen LogP) is 3.38. The molecule has 0 saturated heterocycles. The molecule has 4 heteroatoms. The van der Waals surface area contributed by atoms with Crippen LogP contribution in [0.2, 0.25) is 0 Å². The van der Waals surface area contributed by atoms with Gasteiger partial charge in [-0.2, -0.15) is 4.98 Å². The third kappa shape index (κ3) is 2.27. The van der Waals surface area contributed by atoms with Crippen LogP contribution in [-0.4, -0.2) is 12.0 Å². The van der Waals surface area contributed by atoms with Gasteiger partial charge in [0, 0.05) is 17.9 Å². The van der Waals surface area contributed by atoms with E-state index in [1.165, 1.54) is 5.56 Å². The smallest absolute Gasteiger partial charge is 0.294 e. The summed E-state index contributed by atoms with van der Waals surface area (Å²) in [5.41, 5.74) is 2.13. The number of anilines is 1. The van der Waals surface area contributed by atoms with Crippen molar-refractivity contribution in [3.8, 4) is 0 Å². The van der Waals surface area contributed by atoms with E-state index in [4.69, 9.17) is 4.42 Å². The summed E-state index contributed by atoms with van der Waals surface area (Å²) < 4.78 is 6.67. The molecule has 0 unspecified atom stereocenters. The Bertz CT molecular complexity index is 494. The maximum absolute atomic E-state index is 5.58. The Morgan fingerprint density at radius 3 is 2.75 bits per heavy atom. The molecule has 84 valence electrons. The minimum Gasteiger partial charge on any atom is -0.428 e. The van der Waals surface area contributed by atoms with Gasteiger partial charge in [-0.25, -0.2) is 0 Å². The minimum atomic E-state index is 0.569. The zero-order chi connectivity index (χ0) is 11.5. The second-order valence-corrected chi connectivity index (χ2v) is 4.40. The first-order valence-electron chi connectivity index (χ1n) is 5.08. The van der Waals surface area contributed by atoms with Crippen LogP contribution in [-0.2, 0) is 6.42 Å². The first-order valence-corrected chi connectivity index (χ1v) is 5.87. The fourth-order valence-electron chi connectivity index (χ4n) is 1.51. The van der Waals surface area contributed by atoms with Gasteiger partial charge < -0.3 is 9.73 Å². The quantitative estimate of drug-likeness (QED) is 0.937. The van der Waals surface area contributed by atoms with Gasteiger partial charge in [0.2, 0.25) is 0 Å². The molecule has 0 saturated carbocycles. The molecule has 0 aliphatic heterocycles. The lowest BCUT2D eigenvalue weighted by Crippen LogP contribution is -1.89. The molecular formula is C12H13BrN2O. The van der Waals surface area contributed by atoms with E-state index in [2.05, 4.69) is 32.3 Å². The Morgan fingerprint density at radius 1 is 1.38 bits per heavy atom. The third-order valence-electron chi connectivity index (χ3n) is 2.42. The van der Waals surface area contributed by atoms with Gasteiger partial charge in [0.1, 0.15) is 5.76 Å². The number of hydrogen-bond donors (Lipinski definition) is 1. The molecule has 3 nitrogen and oxygen atoms in total. The summed E-state index contributed by atoms with van der Waals surface area (Å²) in [5.74, 6) is 0.899. The lowest BCUT2D eigenvalue weighted by atomic mass is 10.1. The molecule has 1 aromatic heterocycles. The summed E-state index contributed by atoms with van der Waals surface area (Å²) in [4.78, 5) is 4.26. The molecule has 0 amide bonds.